The van der Waals surface area contributed by atoms with Crippen molar-refractivity contribution < 1.29 is 24.3 Å². The molecule has 7 heteroatoms. The van der Waals surface area contributed by atoms with Crippen molar-refractivity contribution >= 4 is 40.0 Å². The molecule has 4 aromatic rings. The number of benzene rings is 3. The topological polar surface area (TPSA) is 105 Å². The molecule has 6 rings (SSSR count). The first-order chi connectivity index (χ1) is 19.8. The number of rotatable bonds is 8. The molecule has 0 saturated heterocycles. The highest BCUT2D eigenvalue weighted by Gasteiger charge is 2.46. The number of unbranched alkanes of at least 4 members (excludes halogenated alkanes) is 2. The Hall–Kier alpha value is -4.65. The molecule has 0 atom stereocenters. The van der Waals surface area contributed by atoms with E-state index in [0.717, 1.165) is 59.9 Å². The number of Topliss-reactive ketones (excluding diaryl/α,β-unsaturated/α-hetero) is 2. The number of aryl methyl sites for hydroxylation is 2. The second kappa shape index (κ2) is 10.4. The first-order valence-corrected chi connectivity index (χ1v) is 14.2. The summed E-state index contributed by atoms with van der Waals surface area (Å²) in [5.74, 6) is -3.75. The number of pyridine rings is 1. The van der Waals surface area contributed by atoms with Crippen molar-refractivity contribution in [2.24, 2.45) is 0 Å². The van der Waals surface area contributed by atoms with Crippen LogP contribution in [0.2, 0.25) is 0 Å². The molecular formula is C34H30N2O5. The molecule has 7 nitrogen and oxygen atoms in total. The van der Waals surface area contributed by atoms with E-state index in [9.17, 15) is 24.3 Å². The van der Waals surface area contributed by atoms with Crippen LogP contribution in [0.3, 0.4) is 0 Å². The molecule has 0 bridgehead atoms. The molecule has 0 unspecified atom stereocenters. The summed E-state index contributed by atoms with van der Waals surface area (Å²) < 4.78 is 0. The second-order valence-corrected chi connectivity index (χ2v) is 10.8. The van der Waals surface area contributed by atoms with E-state index in [2.05, 4.69) is 18.8 Å². The number of amides is 2. The van der Waals surface area contributed by atoms with Gasteiger partial charge in [-0.15, -0.1) is 0 Å². The molecule has 206 valence electrons. The molecule has 2 heterocycles. The molecule has 0 saturated carbocycles. The zero-order valence-corrected chi connectivity index (χ0v) is 23.1. The summed E-state index contributed by atoms with van der Waals surface area (Å²) in [6, 6.07) is 17.3. The van der Waals surface area contributed by atoms with Crippen molar-refractivity contribution in [3.8, 4) is 5.75 Å². The maximum Gasteiger partial charge on any atom is 0.266 e. The Labute approximate surface area is 237 Å². The van der Waals surface area contributed by atoms with E-state index in [-0.39, 0.29) is 33.7 Å². The SMILES string of the molecule is CCCCc1ccc(N2C(=O)c3cc4c(cc3C2=O)C(=O)C(c2nc3ccc(CCCC)cc3cc2O)C4=O)cc1. The van der Waals surface area contributed by atoms with Crippen molar-refractivity contribution in [2.75, 3.05) is 4.90 Å². The van der Waals surface area contributed by atoms with Crippen LogP contribution in [0.1, 0.15) is 104 Å². The summed E-state index contributed by atoms with van der Waals surface area (Å²) in [5.41, 5.74) is 3.53. The third-order valence-electron chi connectivity index (χ3n) is 8.07. The quantitative estimate of drug-likeness (QED) is 0.198. The van der Waals surface area contributed by atoms with Gasteiger partial charge in [-0.3, -0.25) is 19.2 Å². The van der Waals surface area contributed by atoms with Crippen molar-refractivity contribution in [1.82, 2.24) is 4.98 Å². The summed E-state index contributed by atoms with van der Waals surface area (Å²) >= 11 is 0. The number of aromatic nitrogens is 1. The minimum atomic E-state index is -1.34. The minimum absolute atomic E-state index is 0.0207. The highest BCUT2D eigenvalue weighted by Crippen LogP contribution is 2.41. The van der Waals surface area contributed by atoms with Crippen molar-refractivity contribution in [3.05, 3.63) is 99.7 Å². The van der Waals surface area contributed by atoms with Gasteiger partial charge >= 0.3 is 0 Å². The lowest BCUT2D eigenvalue weighted by Crippen LogP contribution is -2.29. The van der Waals surface area contributed by atoms with E-state index in [1.165, 1.54) is 18.2 Å². The standard InChI is InChI=1S/C34H30N2O5/c1-3-5-7-19-9-12-22(13-10-19)36-33(40)25-17-23-24(18-26(25)34(36)41)32(39)29(31(23)38)30-28(37)16-21-15-20(8-6-4-2)11-14-27(21)35-30/h9-18,29,37H,3-8H2,1-2H3. The van der Waals surface area contributed by atoms with Crippen LogP contribution < -0.4 is 4.90 Å². The molecule has 1 N–H and O–H groups in total. The number of hydrogen-bond donors (Lipinski definition) is 1. The van der Waals surface area contributed by atoms with Crippen LogP contribution in [-0.4, -0.2) is 33.5 Å². The van der Waals surface area contributed by atoms with Crippen LogP contribution >= 0.6 is 0 Å². The number of nitrogens with zero attached hydrogens (tertiary/aromatic N) is 2. The van der Waals surface area contributed by atoms with E-state index >= 15 is 0 Å². The maximum absolute atomic E-state index is 13.5. The van der Waals surface area contributed by atoms with Crippen LogP contribution in [0, 0.1) is 0 Å². The number of fused-ring (bicyclic) bond motifs is 3. The molecule has 1 aliphatic carbocycles. The Morgan fingerprint density at radius 1 is 0.707 bits per heavy atom. The van der Waals surface area contributed by atoms with E-state index in [1.807, 2.05) is 30.3 Å². The average Bonchev–Trinajstić information content (AvgIpc) is 3.37. The predicted molar refractivity (Wildman–Crippen MR) is 156 cm³/mol. The lowest BCUT2D eigenvalue weighted by atomic mass is 9.97. The van der Waals surface area contributed by atoms with Crippen LogP contribution in [0.4, 0.5) is 5.69 Å². The number of imide groups is 1. The Morgan fingerprint density at radius 3 is 1.85 bits per heavy atom. The summed E-state index contributed by atoms with van der Waals surface area (Å²) in [6.45, 7) is 4.24. The lowest BCUT2D eigenvalue weighted by molar-refractivity contribution is 0.0883. The molecule has 0 spiro atoms. The lowest BCUT2D eigenvalue weighted by Gasteiger charge is -2.14. The monoisotopic (exact) mass is 546 g/mol. The third kappa shape index (κ3) is 4.42. The smallest absolute Gasteiger partial charge is 0.266 e. The van der Waals surface area contributed by atoms with E-state index in [4.69, 9.17) is 0 Å². The van der Waals surface area contributed by atoms with Crippen molar-refractivity contribution in [3.63, 3.8) is 0 Å². The van der Waals surface area contributed by atoms with Gasteiger partial charge in [0, 0.05) is 16.5 Å². The zero-order valence-electron chi connectivity index (χ0n) is 23.1. The molecular weight excluding hydrogens is 516 g/mol. The van der Waals surface area contributed by atoms with Gasteiger partial charge in [0.2, 0.25) is 0 Å². The first-order valence-electron chi connectivity index (χ1n) is 14.2. The molecule has 2 aliphatic rings. The van der Waals surface area contributed by atoms with E-state index < -0.39 is 29.3 Å². The zero-order chi connectivity index (χ0) is 28.8. The number of anilines is 1. The molecule has 2 amide bonds. The van der Waals surface area contributed by atoms with Gasteiger partial charge in [0.15, 0.2) is 11.6 Å². The van der Waals surface area contributed by atoms with Crippen molar-refractivity contribution in [1.29, 1.82) is 0 Å². The van der Waals surface area contributed by atoms with Crippen LogP contribution in [-0.2, 0) is 12.8 Å². The fraction of sp³-hybridized carbons (Fsp3) is 0.265. The summed E-state index contributed by atoms with van der Waals surface area (Å²) in [7, 11) is 0. The maximum atomic E-state index is 13.5. The van der Waals surface area contributed by atoms with Gasteiger partial charge in [-0.1, -0.05) is 44.9 Å². The Kier molecular flexibility index (Phi) is 6.73. The molecule has 41 heavy (non-hydrogen) atoms. The predicted octanol–water partition coefficient (Wildman–Crippen LogP) is 6.59. The Bertz CT molecular complexity index is 1700. The van der Waals surface area contributed by atoms with Crippen LogP contribution in [0.5, 0.6) is 5.75 Å². The number of carbonyl (C=O) groups is 4. The highest BCUT2D eigenvalue weighted by molar-refractivity contribution is 6.37. The van der Waals surface area contributed by atoms with Crippen LogP contribution in [0.15, 0.2) is 60.7 Å². The first kappa shape index (κ1) is 26.6. The Balaban J connectivity index is 1.31. The van der Waals surface area contributed by atoms with Crippen LogP contribution in [0.25, 0.3) is 10.9 Å². The molecule has 1 aromatic heterocycles. The van der Waals surface area contributed by atoms with Gasteiger partial charge in [-0.05, 0) is 79.3 Å². The molecule has 0 radical (unpaired) electrons. The fourth-order valence-electron chi connectivity index (χ4n) is 5.78. The van der Waals surface area contributed by atoms with Gasteiger partial charge < -0.3 is 5.11 Å². The average molecular weight is 547 g/mol. The Morgan fingerprint density at radius 2 is 1.27 bits per heavy atom. The summed E-state index contributed by atoms with van der Waals surface area (Å²) in [5, 5.41) is 11.6. The molecule has 1 aliphatic heterocycles. The number of aromatic hydroxyl groups is 1. The fourth-order valence-corrected chi connectivity index (χ4v) is 5.78. The highest BCUT2D eigenvalue weighted by atomic mass is 16.3. The van der Waals surface area contributed by atoms with Gasteiger partial charge in [0.05, 0.1) is 22.3 Å². The number of ketones is 2. The number of hydrogen-bond acceptors (Lipinski definition) is 6. The van der Waals surface area contributed by atoms with Gasteiger partial charge in [0.1, 0.15) is 17.4 Å². The second-order valence-electron chi connectivity index (χ2n) is 10.8. The van der Waals surface area contributed by atoms with Gasteiger partial charge in [-0.2, -0.15) is 0 Å². The summed E-state index contributed by atoms with van der Waals surface area (Å²) in [4.78, 5) is 59.4. The molecule has 3 aromatic carbocycles. The molecule has 0 fully saturated rings. The largest absolute Gasteiger partial charge is 0.506 e. The normalized spacial score (nSPS) is 14.8. The summed E-state index contributed by atoms with van der Waals surface area (Å²) in [6.07, 6.45) is 6.06. The number of carbonyl (C=O) groups excluding carboxylic acids is 4. The van der Waals surface area contributed by atoms with Gasteiger partial charge in [0.25, 0.3) is 11.8 Å². The van der Waals surface area contributed by atoms with E-state index in [1.54, 1.807) is 12.1 Å². The third-order valence-corrected chi connectivity index (χ3v) is 8.07. The van der Waals surface area contributed by atoms with E-state index in [0.29, 0.717) is 11.2 Å². The van der Waals surface area contributed by atoms with Gasteiger partial charge in [-0.25, -0.2) is 9.88 Å². The van der Waals surface area contributed by atoms with Crippen molar-refractivity contribution in [2.45, 2.75) is 58.3 Å². The minimum Gasteiger partial charge on any atom is -0.506 e.